The number of hydrogen-bond acceptors (Lipinski definition) is 4. The van der Waals surface area contributed by atoms with Crippen LogP contribution < -0.4 is 4.83 Å². The standard InChI is InChI=1S/C17H12ClF2N3O2S2/c18-11-6-7-13-10(8-11)9-26-16-14(17(19)20)21-23(15(13)16)22-27(24,25)12-4-2-1-3-5-12/h1-8,17,22H,9H2. The fraction of sp³-hybridized carbons (Fsp3) is 0.118. The molecule has 0 fully saturated rings. The number of sulfonamides is 1. The predicted molar refractivity (Wildman–Crippen MR) is 100 cm³/mol. The maximum atomic E-state index is 13.5. The second-order valence-electron chi connectivity index (χ2n) is 5.77. The van der Waals surface area contributed by atoms with E-state index in [1.807, 2.05) is 0 Å². The monoisotopic (exact) mass is 427 g/mol. The molecule has 0 unspecified atom stereocenters. The number of halogens is 3. The average molecular weight is 428 g/mol. The van der Waals surface area contributed by atoms with Gasteiger partial charge in [-0.05, 0) is 29.8 Å². The zero-order valence-corrected chi connectivity index (χ0v) is 16.0. The van der Waals surface area contributed by atoms with Gasteiger partial charge < -0.3 is 0 Å². The van der Waals surface area contributed by atoms with Gasteiger partial charge in [0, 0.05) is 16.3 Å². The van der Waals surface area contributed by atoms with Gasteiger partial charge in [-0.1, -0.05) is 35.9 Å². The van der Waals surface area contributed by atoms with Crippen molar-refractivity contribution in [2.24, 2.45) is 0 Å². The van der Waals surface area contributed by atoms with Crippen LogP contribution >= 0.6 is 23.4 Å². The summed E-state index contributed by atoms with van der Waals surface area (Å²) in [5.74, 6) is 0.444. The van der Waals surface area contributed by atoms with Gasteiger partial charge in [0.2, 0.25) is 0 Å². The van der Waals surface area contributed by atoms with Crippen molar-refractivity contribution < 1.29 is 17.2 Å². The molecule has 1 aliphatic heterocycles. The molecule has 3 aromatic rings. The number of thioether (sulfide) groups is 1. The number of aromatic nitrogens is 2. The smallest absolute Gasteiger partial charge is 0.203 e. The molecule has 0 bridgehead atoms. The Bertz CT molecular complexity index is 1120. The molecule has 0 saturated heterocycles. The van der Waals surface area contributed by atoms with E-state index in [0.29, 0.717) is 16.3 Å². The minimum atomic E-state index is -4.00. The quantitative estimate of drug-likeness (QED) is 0.656. The Morgan fingerprint density at radius 1 is 1.19 bits per heavy atom. The zero-order valence-electron chi connectivity index (χ0n) is 13.6. The predicted octanol–water partition coefficient (Wildman–Crippen LogP) is 4.68. The SMILES string of the molecule is O=S(=O)(Nn1nc(C(F)F)c2c1-c1ccc(Cl)cc1CS2)c1ccccc1. The lowest BCUT2D eigenvalue weighted by atomic mass is 10.0. The Balaban J connectivity index is 1.87. The van der Waals surface area contributed by atoms with Gasteiger partial charge in [0.05, 0.1) is 9.79 Å². The zero-order chi connectivity index (χ0) is 19.2. The lowest BCUT2D eigenvalue weighted by Gasteiger charge is -2.19. The molecule has 2 heterocycles. The molecule has 0 radical (unpaired) electrons. The Morgan fingerprint density at radius 3 is 2.63 bits per heavy atom. The molecule has 0 amide bonds. The lowest BCUT2D eigenvalue weighted by molar-refractivity contribution is 0.142. The molecule has 1 aromatic heterocycles. The molecule has 5 nitrogen and oxygen atoms in total. The first-order valence-electron chi connectivity index (χ1n) is 7.77. The minimum Gasteiger partial charge on any atom is -0.203 e. The Kier molecular flexibility index (Phi) is 4.61. The molecule has 140 valence electrons. The summed E-state index contributed by atoms with van der Waals surface area (Å²) in [6, 6.07) is 12.7. The molecule has 1 aliphatic rings. The van der Waals surface area contributed by atoms with Crippen LogP contribution in [-0.4, -0.2) is 18.3 Å². The minimum absolute atomic E-state index is 0.00707. The van der Waals surface area contributed by atoms with Crippen LogP contribution in [0.1, 0.15) is 17.7 Å². The van der Waals surface area contributed by atoms with E-state index in [2.05, 4.69) is 9.93 Å². The molecular formula is C17H12ClF2N3O2S2. The van der Waals surface area contributed by atoms with Gasteiger partial charge >= 0.3 is 0 Å². The second-order valence-corrected chi connectivity index (χ2v) is 8.86. The van der Waals surface area contributed by atoms with Gasteiger partial charge in [-0.3, -0.25) is 0 Å². The second kappa shape index (κ2) is 6.81. The van der Waals surface area contributed by atoms with E-state index in [1.54, 1.807) is 36.4 Å². The van der Waals surface area contributed by atoms with Crippen molar-refractivity contribution in [3.8, 4) is 11.3 Å². The molecular weight excluding hydrogens is 416 g/mol. The van der Waals surface area contributed by atoms with E-state index in [9.17, 15) is 17.2 Å². The van der Waals surface area contributed by atoms with Gasteiger partial charge in [0.15, 0.2) is 0 Å². The molecule has 10 heteroatoms. The van der Waals surface area contributed by atoms with Gasteiger partial charge in [0.25, 0.3) is 16.4 Å². The maximum absolute atomic E-state index is 13.5. The Labute approximate surface area is 163 Å². The normalized spacial score (nSPS) is 13.3. The van der Waals surface area contributed by atoms with Crippen molar-refractivity contribution in [2.45, 2.75) is 22.0 Å². The lowest BCUT2D eigenvalue weighted by Crippen LogP contribution is -2.25. The van der Waals surface area contributed by atoms with Crippen LogP contribution in [0.5, 0.6) is 0 Å². The van der Waals surface area contributed by atoms with Gasteiger partial charge in [-0.15, -0.1) is 16.9 Å². The molecule has 0 aliphatic carbocycles. The van der Waals surface area contributed by atoms with Gasteiger partial charge in [0.1, 0.15) is 11.4 Å². The average Bonchev–Trinajstić information content (AvgIpc) is 3.00. The molecule has 0 spiro atoms. The summed E-state index contributed by atoms with van der Waals surface area (Å²) in [7, 11) is -4.00. The Morgan fingerprint density at radius 2 is 1.93 bits per heavy atom. The summed E-state index contributed by atoms with van der Waals surface area (Å²) in [4.78, 5) is 3.47. The van der Waals surface area contributed by atoms with Gasteiger partial charge in [-0.2, -0.15) is 18.0 Å². The van der Waals surface area contributed by atoms with Crippen molar-refractivity contribution in [3.63, 3.8) is 0 Å². The van der Waals surface area contributed by atoms with Crippen LogP contribution in [0.15, 0.2) is 58.3 Å². The highest BCUT2D eigenvalue weighted by Gasteiger charge is 2.31. The summed E-state index contributed by atoms with van der Waals surface area (Å²) in [5.41, 5.74) is 1.27. The fourth-order valence-corrected chi connectivity index (χ4v) is 5.16. The molecule has 4 rings (SSSR count). The van der Waals surface area contributed by atoms with Crippen molar-refractivity contribution in [2.75, 3.05) is 4.83 Å². The molecule has 0 atom stereocenters. The van der Waals surface area contributed by atoms with E-state index >= 15 is 0 Å². The highest BCUT2D eigenvalue weighted by Crippen LogP contribution is 2.46. The van der Waals surface area contributed by atoms with E-state index in [0.717, 1.165) is 10.4 Å². The summed E-state index contributed by atoms with van der Waals surface area (Å²) < 4.78 is 52.2. The third kappa shape index (κ3) is 3.30. The highest BCUT2D eigenvalue weighted by molar-refractivity contribution is 7.98. The highest BCUT2D eigenvalue weighted by atomic mass is 35.5. The van der Waals surface area contributed by atoms with Crippen molar-refractivity contribution in [1.29, 1.82) is 0 Å². The summed E-state index contributed by atoms with van der Waals surface area (Å²) in [6.07, 6.45) is -2.83. The Hall–Kier alpha value is -2.10. The largest absolute Gasteiger partial charge is 0.283 e. The molecule has 2 aromatic carbocycles. The van der Waals surface area contributed by atoms with E-state index in [1.165, 1.54) is 23.9 Å². The maximum Gasteiger partial charge on any atom is 0.283 e. The third-order valence-electron chi connectivity index (χ3n) is 4.03. The first-order chi connectivity index (χ1) is 12.9. The molecule has 1 N–H and O–H groups in total. The number of hydrogen-bond donors (Lipinski definition) is 1. The van der Waals surface area contributed by atoms with Crippen molar-refractivity contribution >= 4 is 33.4 Å². The van der Waals surface area contributed by atoms with Crippen LogP contribution in [0.2, 0.25) is 5.02 Å². The number of benzene rings is 2. The fourth-order valence-electron chi connectivity index (χ4n) is 2.84. The van der Waals surface area contributed by atoms with Crippen LogP contribution in [0.3, 0.4) is 0 Å². The van der Waals surface area contributed by atoms with Crippen molar-refractivity contribution in [3.05, 3.63) is 64.8 Å². The van der Waals surface area contributed by atoms with Gasteiger partial charge in [-0.25, -0.2) is 8.78 Å². The van der Waals surface area contributed by atoms with Crippen LogP contribution in [0.25, 0.3) is 11.3 Å². The number of alkyl halides is 2. The number of fused-ring (bicyclic) bond motifs is 3. The number of nitrogens with zero attached hydrogens (tertiary/aromatic N) is 2. The number of rotatable bonds is 4. The van der Waals surface area contributed by atoms with Crippen LogP contribution in [0.4, 0.5) is 8.78 Å². The topological polar surface area (TPSA) is 64.0 Å². The summed E-state index contributed by atoms with van der Waals surface area (Å²) >= 11 is 7.20. The summed E-state index contributed by atoms with van der Waals surface area (Å²) in [5, 5.41) is 4.36. The van der Waals surface area contributed by atoms with E-state index < -0.39 is 22.1 Å². The first kappa shape index (κ1) is 18.3. The number of nitrogens with one attached hydrogen (secondary N) is 1. The first-order valence-corrected chi connectivity index (χ1v) is 10.6. The summed E-state index contributed by atoms with van der Waals surface area (Å²) in [6.45, 7) is 0. The van der Waals surface area contributed by atoms with E-state index in [-0.39, 0.29) is 15.5 Å². The molecule has 0 saturated carbocycles. The van der Waals surface area contributed by atoms with Crippen LogP contribution in [-0.2, 0) is 15.8 Å². The van der Waals surface area contributed by atoms with Crippen molar-refractivity contribution in [1.82, 2.24) is 9.89 Å². The molecule has 27 heavy (non-hydrogen) atoms. The third-order valence-corrected chi connectivity index (χ3v) is 6.72. The van der Waals surface area contributed by atoms with Crippen LogP contribution in [0, 0.1) is 0 Å². The van der Waals surface area contributed by atoms with E-state index in [4.69, 9.17) is 11.6 Å².